The third kappa shape index (κ3) is 7.01. The fraction of sp³-hybridized carbons (Fsp3) is 0.312. The molecule has 10 nitrogen and oxygen atoms in total. The Kier molecular flexibility index (Phi) is 9.78. The van der Waals surface area contributed by atoms with Gasteiger partial charge in [-0.15, -0.1) is 0 Å². The Morgan fingerprint density at radius 2 is 1.93 bits per heavy atom. The first-order valence-corrected chi connectivity index (χ1v) is 15.0. The topological polar surface area (TPSA) is 116 Å². The van der Waals surface area contributed by atoms with Crippen molar-refractivity contribution >= 4 is 69.5 Å². The lowest BCUT2D eigenvalue weighted by Gasteiger charge is -2.34. The molecule has 4 aromatic rings. The largest absolute Gasteiger partial charge is 0.444 e. The van der Waals surface area contributed by atoms with E-state index >= 15 is 0 Å². The van der Waals surface area contributed by atoms with Gasteiger partial charge in [-0.1, -0.05) is 54.4 Å². The molecule has 0 saturated carbocycles. The van der Waals surface area contributed by atoms with Crippen LogP contribution in [-0.2, 0) is 27.5 Å². The fourth-order valence-electron chi connectivity index (χ4n) is 5.33. The second kappa shape index (κ2) is 13.9. The summed E-state index contributed by atoms with van der Waals surface area (Å²) in [5.41, 5.74) is 2.63. The van der Waals surface area contributed by atoms with Crippen LogP contribution in [0.5, 0.6) is 0 Å². The summed E-state index contributed by atoms with van der Waals surface area (Å²) in [6, 6.07) is 16.5. The lowest BCUT2D eigenvalue weighted by Crippen LogP contribution is -2.44. The van der Waals surface area contributed by atoms with Gasteiger partial charge in [-0.2, -0.15) is 10.2 Å². The van der Waals surface area contributed by atoms with Gasteiger partial charge in [0, 0.05) is 30.9 Å². The lowest BCUT2D eigenvalue weighted by molar-refractivity contribution is -0.405. The summed E-state index contributed by atoms with van der Waals surface area (Å²) in [7, 11) is 1.92. The molecule has 0 aliphatic carbocycles. The average molecular weight is 634 g/mol. The van der Waals surface area contributed by atoms with Crippen molar-refractivity contribution in [2.75, 3.05) is 25.5 Å². The molecule has 1 aliphatic rings. The van der Waals surface area contributed by atoms with Crippen molar-refractivity contribution < 1.29 is 18.9 Å². The van der Waals surface area contributed by atoms with Crippen molar-refractivity contribution in [3.8, 4) is 6.07 Å². The minimum Gasteiger partial charge on any atom is -0.444 e. The van der Waals surface area contributed by atoms with Gasteiger partial charge in [-0.25, -0.2) is 4.58 Å². The Labute approximate surface area is 265 Å². The normalized spacial score (nSPS) is 16.9. The van der Waals surface area contributed by atoms with Gasteiger partial charge in [-0.05, 0) is 47.2 Å². The maximum Gasteiger partial charge on any atom is 0.335 e. The number of para-hydroxylation sites is 2. The van der Waals surface area contributed by atoms with Gasteiger partial charge < -0.3 is 15.0 Å². The van der Waals surface area contributed by atoms with E-state index in [4.69, 9.17) is 33.2 Å². The van der Waals surface area contributed by atoms with E-state index in [0.29, 0.717) is 51.9 Å². The van der Waals surface area contributed by atoms with Crippen LogP contribution in [0, 0.1) is 23.2 Å². The highest BCUT2D eigenvalue weighted by Gasteiger charge is 2.29. The van der Waals surface area contributed by atoms with Gasteiger partial charge in [0.2, 0.25) is 12.2 Å². The van der Waals surface area contributed by atoms with Crippen molar-refractivity contribution in [3.63, 3.8) is 0 Å². The summed E-state index contributed by atoms with van der Waals surface area (Å²) in [6.45, 7) is 3.36. The van der Waals surface area contributed by atoms with Crippen molar-refractivity contribution in [2.24, 2.45) is 11.8 Å². The van der Waals surface area contributed by atoms with Gasteiger partial charge in [0.05, 0.1) is 41.5 Å². The molecule has 1 saturated heterocycles. The number of nitriles is 1. The second-order valence-electron chi connectivity index (χ2n) is 10.8. The van der Waals surface area contributed by atoms with E-state index in [0.717, 1.165) is 17.4 Å². The van der Waals surface area contributed by atoms with Gasteiger partial charge in [0.15, 0.2) is 12.4 Å². The Hall–Kier alpha value is -4.46. The SMILES string of the molecule is C[C@@H]1CCN(C(=O)CC#N)CC1/C=[N+](/C)c1ncnc2c1ccn2COC(=O)Cc1ccccc1Nc1c(Cl)cccc1Cl. The number of nitrogens with one attached hydrogen (secondary N) is 1. The molecule has 2 aromatic carbocycles. The quantitative estimate of drug-likeness (QED) is 0.137. The molecule has 1 N–H and O–H groups in total. The summed E-state index contributed by atoms with van der Waals surface area (Å²) in [5, 5.41) is 13.9. The van der Waals surface area contributed by atoms with Gasteiger partial charge in [-0.3, -0.25) is 14.2 Å². The molecule has 2 atom stereocenters. The lowest BCUT2D eigenvalue weighted by atomic mass is 9.87. The predicted octanol–water partition coefficient (Wildman–Crippen LogP) is 5.97. The molecule has 1 aliphatic heterocycles. The number of nitrogens with zero attached hydrogens (tertiary/aromatic N) is 6. The van der Waals surface area contributed by atoms with Crippen LogP contribution in [-0.4, -0.2) is 62.2 Å². The van der Waals surface area contributed by atoms with Crippen LogP contribution in [0.1, 0.15) is 25.3 Å². The van der Waals surface area contributed by atoms with Crippen molar-refractivity contribution in [3.05, 3.63) is 76.7 Å². The number of carbonyl (C=O) groups excluding carboxylic acids is 2. The van der Waals surface area contributed by atoms with Crippen LogP contribution in [0.4, 0.5) is 17.2 Å². The number of anilines is 2. The first kappa shape index (κ1) is 31.0. The van der Waals surface area contributed by atoms with E-state index in [1.165, 1.54) is 6.33 Å². The number of carbonyl (C=O) groups is 2. The van der Waals surface area contributed by atoms with Gasteiger partial charge >= 0.3 is 11.8 Å². The molecule has 1 amide bonds. The summed E-state index contributed by atoms with van der Waals surface area (Å²) in [6.07, 6.45) is 6.16. The van der Waals surface area contributed by atoms with Crippen LogP contribution in [0.3, 0.4) is 0 Å². The number of hydrogen-bond acceptors (Lipinski definition) is 7. The van der Waals surface area contributed by atoms with Crippen molar-refractivity contribution in [1.82, 2.24) is 19.4 Å². The maximum atomic E-state index is 12.9. The minimum atomic E-state index is -0.409. The van der Waals surface area contributed by atoms with Crippen molar-refractivity contribution in [2.45, 2.75) is 32.9 Å². The molecule has 0 spiro atoms. The number of likely N-dealkylation sites (tertiary alicyclic amines) is 1. The van der Waals surface area contributed by atoms with Gasteiger partial charge in [0.1, 0.15) is 11.8 Å². The van der Waals surface area contributed by atoms with Crippen LogP contribution >= 0.6 is 23.2 Å². The van der Waals surface area contributed by atoms with Crippen LogP contribution in [0.25, 0.3) is 11.0 Å². The minimum absolute atomic E-state index is 0.0201. The Balaban J connectivity index is 1.27. The number of piperidine rings is 1. The summed E-state index contributed by atoms with van der Waals surface area (Å²) in [5.74, 6) is 0.628. The molecule has 1 unspecified atom stereocenters. The fourth-order valence-corrected chi connectivity index (χ4v) is 5.82. The number of aromatic nitrogens is 3. The van der Waals surface area contributed by atoms with E-state index in [1.54, 1.807) is 27.7 Å². The van der Waals surface area contributed by atoms with E-state index in [-0.39, 0.29) is 31.4 Å². The highest BCUT2D eigenvalue weighted by Crippen LogP contribution is 2.34. The first-order chi connectivity index (χ1) is 21.2. The smallest absolute Gasteiger partial charge is 0.335 e. The Bertz CT molecular complexity index is 1740. The monoisotopic (exact) mass is 632 g/mol. The average Bonchev–Trinajstić information content (AvgIpc) is 3.43. The number of amides is 1. The molecule has 12 heteroatoms. The third-order valence-corrected chi connectivity index (χ3v) is 8.45. The number of hydrogen-bond donors (Lipinski definition) is 1. The molecule has 3 heterocycles. The van der Waals surface area contributed by atoms with E-state index in [9.17, 15) is 9.59 Å². The zero-order valence-corrected chi connectivity index (χ0v) is 25.9. The molecular weight excluding hydrogens is 601 g/mol. The number of esters is 1. The molecule has 0 radical (unpaired) electrons. The number of rotatable bonds is 9. The molecular formula is C32H32Cl2N7O3+. The van der Waals surface area contributed by atoms with E-state index in [2.05, 4.69) is 28.4 Å². The number of benzene rings is 2. The molecule has 5 rings (SSSR count). The molecule has 0 bridgehead atoms. The highest BCUT2D eigenvalue weighted by atomic mass is 35.5. The summed E-state index contributed by atoms with van der Waals surface area (Å²) < 4.78 is 9.35. The molecule has 44 heavy (non-hydrogen) atoms. The van der Waals surface area contributed by atoms with Crippen LogP contribution < -0.4 is 5.32 Å². The Morgan fingerprint density at radius 3 is 2.70 bits per heavy atom. The predicted molar refractivity (Wildman–Crippen MR) is 170 cm³/mol. The Morgan fingerprint density at radius 1 is 1.16 bits per heavy atom. The maximum absolute atomic E-state index is 12.9. The molecule has 2 aromatic heterocycles. The number of halogens is 2. The molecule has 226 valence electrons. The third-order valence-electron chi connectivity index (χ3n) is 7.82. The second-order valence-corrected chi connectivity index (χ2v) is 11.6. The van der Waals surface area contributed by atoms with Crippen molar-refractivity contribution in [1.29, 1.82) is 5.26 Å². The van der Waals surface area contributed by atoms with Crippen LogP contribution in [0.2, 0.25) is 10.0 Å². The first-order valence-electron chi connectivity index (χ1n) is 14.2. The number of fused-ring (bicyclic) bond motifs is 1. The van der Waals surface area contributed by atoms with E-state index < -0.39 is 5.97 Å². The van der Waals surface area contributed by atoms with Gasteiger partial charge in [0.25, 0.3) is 0 Å². The zero-order valence-electron chi connectivity index (χ0n) is 24.4. The number of ether oxygens (including phenoxy) is 1. The standard InChI is InChI=1S/C32H32Cl2N7O3/c1-21-11-14-40(28(42)10-13-35)18-23(21)17-39(2)31-24-12-15-41(32(24)37-19-36-31)20-44-29(43)16-22-6-3-4-9-27(22)38-30-25(33)7-5-8-26(30)34/h3-9,12,15,17,19,21,23,38H,10-11,14,16,18,20H2,1-2H3/q+1/b39-17-/t21-,23?/m1/s1. The highest BCUT2D eigenvalue weighted by molar-refractivity contribution is 6.39. The van der Waals surface area contributed by atoms with Crippen LogP contribution in [0.15, 0.2) is 61.1 Å². The van der Waals surface area contributed by atoms with E-state index in [1.807, 2.05) is 54.2 Å². The zero-order chi connectivity index (χ0) is 31.2. The summed E-state index contributed by atoms with van der Waals surface area (Å²) in [4.78, 5) is 36.0. The summed E-state index contributed by atoms with van der Waals surface area (Å²) >= 11 is 12.6. The molecule has 1 fully saturated rings.